The molecule has 356 valence electrons. The van der Waals surface area contributed by atoms with Crippen molar-refractivity contribution >= 4 is 82.0 Å². The largest absolute Gasteiger partial charge is 0.458 e. The van der Waals surface area contributed by atoms with Gasteiger partial charge in [-0.3, -0.25) is 28.8 Å². The lowest BCUT2D eigenvalue weighted by Crippen LogP contribution is -2.60. The van der Waals surface area contributed by atoms with Gasteiger partial charge in [-0.1, -0.05) is 6.92 Å². The molecule has 14 saturated carbocycles. The average molecular weight is 975 g/mol. The number of carbonyl (C=O) groups excluding carboxylic acids is 6. The summed E-state index contributed by atoms with van der Waals surface area (Å²) in [6.07, 6.45) is 18.7. The van der Waals surface area contributed by atoms with Crippen LogP contribution in [-0.4, -0.2) is 98.9 Å². The normalized spacial score (nSPS) is 46.8. The zero-order valence-electron chi connectivity index (χ0n) is 36.8. The fourth-order valence-corrected chi connectivity index (χ4v) is 17.1. The molecule has 0 aromatic rings. The number of rotatable bonds is 9. The number of aliphatic hydroxyl groups is 1. The number of Topliss-reactive ketones (excluding diaryl/α,β-unsaturated/α-hetero) is 1. The van der Waals surface area contributed by atoms with Gasteiger partial charge in [0.05, 0.1) is 11.5 Å². The van der Waals surface area contributed by atoms with Crippen LogP contribution in [0.25, 0.3) is 0 Å². The second-order valence-electron chi connectivity index (χ2n) is 22.2. The van der Waals surface area contributed by atoms with Crippen molar-refractivity contribution in [2.75, 3.05) is 23.5 Å². The predicted octanol–water partition coefficient (Wildman–Crippen LogP) is 7.86. The van der Waals surface area contributed by atoms with Crippen molar-refractivity contribution in [1.29, 1.82) is 0 Å². The van der Waals surface area contributed by atoms with E-state index in [0.717, 1.165) is 88.9 Å². The number of fused-ring (bicyclic) bond motifs is 1. The highest BCUT2D eigenvalue weighted by molar-refractivity contribution is 6.27. The van der Waals surface area contributed by atoms with Gasteiger partial charge in [0.25, 0.3) is 0 Å². The topological polar surface area (TPSA) is 169 Å². The van der Waals surface area contributed by atoms with Crippen LogP contribution >= 0.6 is 46.4 Å². The van der Waals surface area contributed by atoms with Crippen LogP contribution in [-0.2, 0) is 52.5 Å². The molecule has 15 aliphatic rings. The molecule has 0 aromatic heterocycles. The zero-order chi connectivity index (χ0) is 45.3. The number of ether oxygens (including phenoxy) is 5. The van der Waals surface area contributed by atoms with E-state index in [9.17, 15) is 33.9 Å². The summed E-state index contributed by atoms with van der Waals surface area (Å²) >= 11 is 22.0. The molecule has 1 aliphatic heterocycles. The molecule has 0 aromatic carbocycles. The Balaban J connectivity index is 0.000000108. The molecule has 9 atom stereocenters. The molecule has 1 saturated heterocycles. The maximum atomic E-state index is 11.9. The molecule has 12 nitrogen and oxygen atoms in total. The van der Waals surface area contributed by atoms with Gasteiger partial charge >= 0.3 is 29.8 Å². The standard InChI is InChI=1S/C14H21ClO2.C12H17ClO3.C12H15ClO3.C10H11ClO4/c1-2-14(17-13(16)8-15)11-4-9-3-10(6-11)7-12(14)5-9;13-6-10(14)16-12-4-8-1-9(5-12)3-11(15,2-8)7-12;13-6-10(14)16-12-3-7-1-8(4-12)11(15)9(2-7)5-12;11-3-7(12)14-8-4-1-5-6(2-4)10(13)15-9(5)8/h9-12H,2-8H2,1H3;8-9,15H,1-7H2;7-9H,1-6H2;4-6,8-9H,1-3H2. The number of ketones is 1. The highest BCUT2D eigenvalue weighted by atomic mass is 35.5. The summed E-state index contributed by atoms with van der Waals surface area (Å²) in [5.74, 6) is 4.27. The molecular weight excluding hydrogens is 910 g/mol. The summed E-state index contributed by atoms with van der Waals surface area (Å²) in [5, 5.41) is 10.4. The number of carbonyl (C=O) groups is 6. The van der Waals surface area contributed by atoms with E-state index in [1.165, 1.54) is 38.5 Å². The first-order chi connectivity index (χ1) is 30.5. The maximum Gasteiger partial charge on any atom is 0.321 e. The van der Waals surface area contributed by atoms with Crippen molar-refractivity contribution in [3.63, 3.8) is 0 Å². The van der Waals surface area contributed by atoms with E-state index in [2.05, 4.69) is 6.92 Å². The van der Waals surface area contributed by atoms with Crippen LogP contribution in [0.4, 0.5) is 0 Å². The second-order valence-corrected chi connectivity index (χ2v) is 23.3. The minimum absolute atomic E-state index is 0.00591. The molecule has 16 heteroatoms. The molecule has 14 bridgehead atoms. The summed E-state index contributed by atoms with van der Waals surface area (Å²) in [7, 11) is 0. The lowest BCUT2D eigenvalue weighted by molar-refractivity contribution is -0.218. The molecule has 0 radical (unpaired) electrons. The number of hydrogen-bond acceptors (Lipinski definition) is 12. The third-order valence-corrected chi connectivity index (χ3v) is 18.9. The van der Waals surface area contributed by atoms with E-state index in [0.29, 0.717) is 47.7 Å². The Kier molecular flexibility index (Phi) is 13.4. The molecule has 9 unspecified atom stereocenters. The van der Waals surface area contributed by atoms with Crippen LogP contribution in [0.15, 0.2) is 0 Å². The van der Waals surface area contributed by atoms with Crippen LogP contribution in [0.1, 0.15) is 129 Å². The Morgan fingerprint density at radius 3 is 1.66 bits per heavy atom. The molecule has 1 heterocycles. The maximum absolute atomic E-state index is 11.9. The van der Waals surface area contributed by atoms with E-state index in [4.69, 9.17) is 70.1 Å². The van der Waals surface area contributed by atoms with Crippen molar-refractivity contribution in [3.05, 3.63) is 0 Å². The third kappa shape index (κ3) is 8.97. The lowest BCUT2D eigenvalue weighted by Gasteiger charge is -2.60. The van der Waals surface area contributed by atoms with Gasteiger partial charge in [0, 0.05) is 30.1 Å². The van der Waals surface area contributed by atoms with Gasteiger partial charge < -0.3 is 28.8 Å². The molecule has 15 rings (SSSR count). The third-order valence-electron chi connectivity index (χ3n) is 18.1. The van der Waals surface area contributed by atoms with Crippen LogP contribution in [0.2, 0.25) is 0 Å². The molecule has 14 aliphatic carbocycles. The van der Waals surface area contributed by atoms with Crippen molar-refractivity contribution in [1.82, 2.24) is 0 Å². The zero-order valence-corrected chi connectivity index (χ0v) is 39.8. The fourth-order valence-electron chi connectivity index (χ4n) is 16.9. The van der Waals surface area contributed by atoms with Gasteiger partial charge in [-0.15, -0.1) is 46.4 Å². The quantitative estimate of drug-likeness (QED) is 0.135. The van der Waals surface area contributed by atoms with Gasteiger partial charge in [0.15, 0.2) is 0 Å². The summed E-state index contributed by atoms with van der Waals surface area (Å²) in [6.45, 7) is 2.17. The molecular formula is C48H64Cl4O12. The predicted molar refractivity (Wildman–Crippen MR) is 234 cm³/mol. The van der Waals surface area contributed by atoms with Crippen LogP contribution in [0.3, 0.4) is 0 Å². The number of halogens is 4. The summed E-state index contributed by atoms with van der Waals surface area (Å²) in [6, 6.07) is 0. The number of hydrogen-bond donors (Lipinski definition) is 1. The highest BCUT2D eigenvalue weighted by Crippen LogP contribution is 2.62. The molecule has 0 amide bonds. The van der Waals surface area contributed by atoms with Crippen LogP contribution in [0, 0.1) is 71.0 Å². The molecule has 64 heavy (non-hydrogen) atoms. The summed E-state index contributed by atoms with van der Waals surface area (Å²) in [5.41, 5.74) is -1.49. The van der Waals surface area contributed by atoms with Crippen molar-refractivity contribution in [2.24, 2.45) is 71.0 Å². The fraction of sp³-hybridized carbons (Fsp3) is 0.875. The molecule has 15 fully saturated rings. The first-order valence-corrected chi connectivity index (χ1v) is 26.2. The van der Waals surface area contributed by atoms with E-state index in [1.807, 2.05) is 0 Å². The minimum Gasteiger partial charge on any atom is -0.458 e. The number of esters is 5. The van der Waals surface area contributed by atoms with E-state index in [1.54, 1.807) is 0 Å². The summed E-state index contributed by atoms with van der Waals surface area (Å²) < 4.78 is 27.4. The van der Waals surface area contributed by atoms with Gasteiger partial charge in [-0.05, 0) is 157 Å². The first-order valence-electron chi connectivity index (χ1n) is 24.1. The lowest BCUT2D eigenvalue weighted by atomic mass is 9.49. The Bertz CT molecular complexity index is 1800. The first kappa shape index (κ1) is 47.2. The number of alkyl halides is 4. The summed E-state index contributed by atoms with van der Waals surface area (Å²) in [4.78, 5) is 68.7. The van der Waals surface area contributed by atoms with E-state index >= 15 is 0 Å². The van der Waals surface area contributed by atoms with Crippen LogP contribution in [0.5, 0.6) is 0 Å². The van der Waals surface area contributed by atoms with Crippen molar-refractivity contribution in [3.8, 4) is 0 Å². The second kappa shape index (κ2) is 18.2. The molecule has 1 N–H and O–H groups in total. The Morgan fingerprint density at radius 2 is 1.12 bits per heavy atom. The van der Waals surface area contributed by atoms with Crippen molar-refractivity contribution < 1.29 is 57.6 Å². The average Bonchev–Trinajstić information content (AvgIpc) is 3.88. The smallest absolute Gasteiger partial charge is 0.321 e. The van der Waals surface area contributed by atoms with Gasteiger partial charge in [0.1, 0.15) is 58.3 Å². The van der Waals surface area contributed by atoms with Gasteiger partial charge in [0.2, 0.25) is 0 Å². The highest BCUT2D eigenvalue weighted by Gasteiger charge is 2.64. The minimum atomic E-state index is -0.573. The monoisotopic (exact) mass is 972 g/mol. The SMILES string of the molecule is CCC1(OC(=O)CCl)C2CC3CC(C2)CC1C3.O=C(CCl)OC12CC3CC(C1)C(=O)C(C3)C2.O=C(CCl)OC12CC3CC(CC(O)(C3)C1)C2.O=C(CCl)OC1C2CC3C(=O)OC1C3C2. The Morgan fingerprint density at radius 1 is 0.609 bits per heavy atom. The van der Waals surface area contributed by atoms with Crippen LogP contribution < -0.4 is 0 Å². The van der Waals surface area contributed by atoms with E-state index < -0.39 is 17.2 Å². The Labute approximate surface area is 395 Å². The van der Waals surface area contributed by atoms with Gasteiger partial charge in [-0.2, -0.15) is 0 Å². The Hall–Kier alpha value is -1.86. The van der Waals surface area contributed by atoms with E-state index in [-0.39, 0.29) is 94.5 Å². The van der Waals surface area contributed by atoms with Gasteiger partial charge in [-0.25, -0.2) is 0 Å². The van der Waals surface area contributed by atoms with Crippen molar-refractivity contribution in [2.45, 2.75) is 164 Å². The molecule has 0 spiro atoms.